The first kappa shape index (κ1) is 17.9. The fourth-order valence-electron chi connectivity index (χ4n) is 2.87. The van der Waals surface area contributed by atoms with Crippen molar-refractivity contribution in [2.24, 2.45) is 0 Å². The summed E-state index contributed by atoms with van der Waals surface area (Å²) in [5, 5.41) is 3.37. The molecule has 0 aliphatic heterocycles. The second-order valence-electron chi connectivity index (χ2n) is 5.43. The highest BCUT2D eigenvalue weighted by Crippen LogP contribution is 2.27. The van der Waals surface area contributed by atoms with Crippen LogP contribution in [-0.2, 0) is 13.3 Å². The normalized spacial score (nSPS) is 11.9. The van der Waals surface area contributed by atoms with Gasteiger partial charge in [-0.3, -0.25) is 0 Å². The average Bonchev–Trinajstić information content (AvgIpc) is 2.54. The Morgan fingerprint density at radius 3 is 1.78 bits per heavy atom. The quantitative estimate of drug-likeness (QED) is 0.694. The van der Waals surface area contributed by atoms with Crippen molar-refractivity contribution in [1.82, 2.24) is 0 Å². The largest absolute Gasteiger partial charge is 0.537 e. The van der Waals surface area contributed by atoms with E-state index in [0.717, 1.165) is 10.6 Å². The third kappa shape index (κ3) is 3.58. The first-order chi connectivity index (χ1) is 11.1. The predicted octanol–water partition coefficient (Wildman–Crippen LogP) is 3.16. The molecule has 0 saturated heterocycles. The van der Waals surface area contributed by atoms with Crippen molar-refractivity contribution in [3.8, 4) is 0 Å². The van der Waals surface area contributed by atoms with Crippen molar-refractivity contribution < 1.29 is 13.3 Å². The van der Waals surface area contributed by atoms with Crippen LogP contribution < -0.4 is 10.1 Å². The summed E-state index contributed by atoms with van der Waals surface area (Å²) in [6.07, 6.45) is 0. The summed E-state index contributed by atoms with van der Waals surface area (Å²) in [5.41, 5.74) is 1.18. The molecule has 0 bridgehead atoms. The van der Waals surface area contributed by atoms with Crippen molar-refractivity contribution in [2.45, 2.75) is 20.8 Å². The molecule has 5 heteroatoms. The van der Waals surface area contributed by atoms with Crippen molar-refractivity contribution in [3.63, 3.8) is 0 Å². The summed E-state index contributed by atoms with van der Waals surface area (Å²) >= 11 is 0. The Morgan fingerprint density at radius 1 is 0.783 bits per heavy atom. The van der Waals surface area contributed by atoms with E-state index in [9.17, 15) is 0 Å². The highest BCUT2D eigenvalue weighted by Gasteiger charge is 2.44. The summed E-state index contributed by atoms with van der Waals surface area (Å²) < 4.78 is 18.3. The van der Waals surface area contributed by atoms with Gasteiger partial charge >= 0.3 is 8.80 Å². The van der Waals surface area contributed by atoms with Crippen LogP contribution in [0.2, 0.25) is 0 Å². The summed E-state index contributed by atoms with van der Waals surface area (Å²) in [4.78, 5) is 2.12. The third-order valence-electron chi connectivity index (χ3n) is 3.72. The molecule has 4 nitrogen and oxygen atoms in total. The number of rotatable bonds is 8. The SMILES string of the molecule is CCO[Si](OCC)(OCC)c1ccc(N(C)C)c2ccccc12. The second-order valence-corrected chi connectivity index (χ2v) is 7.94. The maximum absolute atomic E-state index is 6.09. The zero-order chi connectivity index (χ0) is 16.9. The maximum atomic E-state index is 6.09. The number of hydrogen-bond acceptors (Lipinski definition) is 4. The molecule has 23 heavy (non-hydrogen) atoms. The molecule has 0 spiro atoms. The lowest BCUT2D eigenvalue weighted by Gasteiger charge is -2.30. The van der Waals surface area contributed by atoms with Crippen LogP contribution in [0.15, 0.2) is 36.4 Å². The summed E-state index contributed by atoms with van der Waals surface area (Å²) in [6, 6.07) is 12.6. The van der Waals surface area contributed by atoms with Crippen LogP contribution in [0.25, 0.3) is 10.8 Å². The Labute approximate surface area is 140 Å². The minimum atomic E-state index is -2.91. The molecule has 2 aromatic rings. The molecule has 0 aliphatic rings. The molecular formula is C18H27NO3Si. The molecule has 126 valence electrons. The average molecular weight is 334 g/mol. The molecule has 0 atom stereocenters. The van der Waals surface area contributed by atoms with Crippen LogP contribution in [0.3, 0.4) is 0 Å². The van der Waals surface area contributed by atoms with Gasteiger partial charge in [0.1, 0.15) is 0 Å². The van der Waals surface area contributed by atoms with Gasteiger partial charge in [-0.2, -0.15) is 0 Å². The van der Waals surface area contributed by atoms with E-state index in [1.807, 2.05) is 26.8 Å². The molecule has 2 aromatic carbocycles. The van der Waals surface area contributed by atoms with Gasteiger partial charge < -0.3 is 18.2 Å². The van der Waals surface area contributed by atoms with Gasteiger partial charge in [-0.25, -0.2) is 0 Å². The van der Waals surface area contributed by atoms with E-state index in [0.29, 0.717) is 19.8 Å². The Kier molecular flexibility index (Phi) is 6.18. The lowest BCUT2D eigenvalue weighted by Crippen LogP contribution is -2.57. The van der Waals surface area contributed by atoms with Gasteiger partial charge in [0.05, 0.1) is 0 Å². The van der Waals surface area contributed by atoms with Crippen molar-refractivity contribution in [3.05, 3.63) is 36.4 Å². The number of hydrogen-bond donors (Lipinski definition) is 0. The van der Waals surface area contributed by atoms with E-state index in [1.54, 1.807) is 0 Å². The van der Waals surface area contributed by atoms with E-state index >= 15 is 0 Å². The van der Waals surface area contributed by atoms with Crippen LogP contribution in [0.4, 0.5) is 5.69 Å². The van der Waals surface area contributed by atoms with Crippen molar-refractivity contribution >= 4 is 30.5 Å². The number of anilines is 1. The van der Waals surface area contributed by atoms with Crippen LogP contribution >= 0.6 is 0 Å². The van der Waals surface area contributed by atoms with Crippen LogP contribution in [0.1, 0.15) is 20.8 Å². The number of benzene rings is 2. The summed E-state index contributed by atoms with van der Waals surface area (Å²) in [7, 11) is 1.20. The third-order valence-corrected chi connectivity index (χ3v) is 6.82. The molecule has 0 saturated carbocycles. The Morgan fingerprint density at radius 2 is 1.30 bits per heavy atom. The van der Waals surface area contributed by atoms with Gasteiger partial charge in [0.15, 0.2) is 0 Å². The lowest BCUT2D eigenvalue weighted by molar-refractivity contribution is 0.0862. The maximum Gasteiger partial charge on any atom is 0.537 e. The standard InChI is InChI=1S/C18H27NO3Si/c1-6-20-23(21-7-2,22-8-3)18-14-13-17(19(4)5)15-11-9-10-12-16(15)18/h9-14H,6-8H2,1-5H3. The minimum Gasteiger partial charge on any atom is -0.377 e. The molecule has 0 aliphatic carbocycles. The Bertz CT molecular complexity index is 628. The molecular weight excluding hydrogens is 306 g/mol. The van der Waals surface area contributed by atoms with Crippen molar-refractivity contribution in [2.75, 3.05) is 38.8 Å². The van der Waals surface area contributed by atoms with Gasteiger partial charge in [0, 0.05) is 50.2 Å². The van der Waals surface area contributed by atoms with Gasteiger partial charge in [-0.15, -0.1) is 0 Å². The smallest absolute Gasteiger partial charge is 0.377 e. The Balaban J connectivity index is 2.70. The molecule has 0 radical (unpaired) electrons. The summed E-state index contributed by atoms with van der Waals surface area (Å²) in [5.74, 6) is 0. The lowest BCUT2D eigenvalue weighted by atomic mass is 10.1. The zero-order valence-electron chi connectivity index (χ0n) is 14.8. The van der Waals surface area contributed by atoms with Crippen LogP contribution in [0.5, 0.6) is 0 Å². The van der Waals surface area contributed by atoms with E-state index in [1.165, 1.54) is 11.1 Å². The fourth-order valence-corrected chi connectivity index (χ4v) is 5.56. The molecule has 2 rings (SSSR count). The van der Waals surface area contributed by atoms with E-state index in [2.05, 4.69) is 49.3 Å². The first-order valence-electron chi connectivity index (χ1n) is 8.21. The molecule has 0 heterocycles. The molecule has 0 fully saturated rings. The van der Waals surface area contributed by atoms with E-state index < -0.39 is 8.80 Å². The van der Waals surface area contributed by atoms with E-state index in [4.69, 9.17) is 13.3 Å². The zero-order valence-corrected chi connectivity index (χ0v) is 15.8. The minimum absolute atomic E-state index is 0.565. The molecule has 0 amide bonds. The van der Waals surface area contributed by atoms with Crippen LogP contribution in [0, 0.1) is 0 Å². The van der Waals surface area contributed by atoms with Gasteiger partial charge in [0.2, 0.25) is 0 Å². The molecule has 0 aromatic heterocycles. The van der Waals surface area contributed by atoms with Gasteiger partial charge in [-0.1, -0.05) is 30.3 Å². The number of nitrogens with zero attached hydrogens (tertiary/aromatic N) is 1. The Hall–Kier alpha value is -1.40. The fraction of sp³-hybridized carbons (Fsp3) is 0.444. The van der Waals surface area contributed by atoms with E-state index in [-0.39, 0.29) is 0 Å². The monoisotopic (exact) mass is 333 g/mol. The molecule has 0 unspecified atom stereocenters. The first-order valence-corrected chi connectivity index (χ1v) is 9.93. The van der Waals surface area contributed by atoms with Crippen molar-refractivity contribution in [1.29, 1.82) is 0 Å². The molecule has 0 N–H and O–H groups in total. The second kappa shape index (κ2) is 7.92. The number of fused-ring (bicyclic) bond motifs is 1. The highest BCUT2D eigenvalue weighted by molar-refractivity contribution is 6.77. The topological polar surface area (TPSA) is 30.9 Å². The van der Waals surface area contributed by atoms with Gasteiger partial charge in [-0.05, 0) is 32.2 Å². The van der Waals surface area contributed by atoms with Gasteiger partial charge in [0.25, 0.3) is 0 Å². The highest BCUT2D eigenvalue weighted by atomic mass is 28.4. The predicted molar refractivity (Wildman–Crippen MR) is 98.5 cm³/mol. The van der Waals surface area contributed by atoms with Crippen LogP contribution in [-0.4, -0.2) is 42.7 Å². The summed E-state index contributed by atoms with van der Waals surface area (Å²) in [6.45, 7) is 7.64.